The van der Waals surface area contributed by atoms with E-state index in [9.17, 15) is 4.39 Å². The van der Waals surface area contributed by atoms with Crippen molar-refractivity contribution in [1.29, 1.82) is 0 Å². The fourth-order valence-electron chi connectivity index (χ4n) is 0.603. The van der Waals surface area contributed by atoms with Gasteiger partial charge in [-0.15, -0.1) is 24.8 Å². The zero-order valence-electron chi connectivity index (χ0n) is 5.96. The Labute approximate surface area is 87.1 Å². The molecule has 0 radical (unpaired) electrons. The van der Waals surface area contributed by atoms with Crippen LogP contribution in [0.2, 0.25) is 5.02 Å². The lowest BCUT2D eigenvalue weighted by Gasteiger charge is -1.97. The van der Waals surface area contributed by atoms with Gasteiger partial charge in [0.1, 0.15) is 0 Å². The van der Waals surface area contributed by atoms with Crippen LogP contribution in [0.5, 0.6) is 0 Å². The molecule has 0 bridgehead atoms. The average molecular weight is 234 g/mol. The van der Waals surface area contributed by atoms with Crippen molar-refractivity contribution < 1.29 is 4.39 Å². The predicted molar refractivity (Wildman–Crippen MR) is 51.6 cm³/mol. The maximum absolute atomic E-state index is 12.7. The number of pyridine rings is 1. The molecule has 1 aromatic rings. The van der Waals surface area contributed by atoms with Crippen LogP contribution in [-0.2, 0) is 6.54 Å². The Morgan fingerprint density at radius 3 is 2.50 bits per heavy atom. The van der Waals surface area contributed by atoms with E-state index < -0.39 is 5.82 Å². The lowest BCUT2D eigenvalue weighted by Crippen LogP contribution is -2.02. The third kappa shape index (κ3) is 3.11. The molecule has 1 aromatic heterocycles. The third-order valence-electron chi connectivity index (χ3n) is 1.11. The van der Waals surface area contributed by atoms with Crippen LogP contribution in [0, 0.1) is 5.82 Å². The highest BCUT2D eigenvalue weighted by Gasteiger charge is 2.04. The largest absolute Gasteiger partial charge is 0.325 e. The molecule has 0 aliphatic heterocycles. The predicted octanol–water partition coefficient (Wildman–Crippen LogP) is 2.18. The van der Waals surface area contributed by atoms with E-state index >= 15 is 0 Å². The summed E-state index contributed by atoms with van der Waals surface area (Å²) in [5.74, 6) is -0.522. The molecule has 70 valence electrons. The van der Waals surface area contributed by atoms with Gasteiger partial charge in [0.05, 0.1) is 10.7 Å². The fraction of sp³-hybridized carbons (Fsp3) is 0.167. The Morgan fingerprint density at radius 2 is 2.08 bits per heavy atom. The number of nitrogens with zero attached hydrogens (tertiary/aromatic N) is 1. The molecule has 0 aliphatic carbocycles. The summed E-state index contributed by atoms with van der Waals surface area (Å²) in [5.41, 5.74) is 5.36. The van der Waals surface area contributed by atoms with Gasteiger partial charge in [-0.1, -0.05) is 11.6 Å². The van der Waals surface area contributed by atoms with Gasteiger partial charge in [-0.05, 0) is 6.07 Å². The number of hydrogen-bond acceptors (Lipinski definition) is 2. The van der Waals surface area contributed by atoms with E-state index in [2.05, 4.69) is 4.98 Å². The fourth-order valence-corrected chi connectivity index (χ4v) is 0.768. The van der Waals surface area contributed by atoms with E-state index in [4.69, 9.17) is 17.3 Å². The second kappa shape index (κ2) is 6.43. The number of hydrogen-bond donors (Lipinski definition) is 1. The van der Waals surface area contributed by atoms with Crippen LogP contribution in [0.1, 0.15) is 5.69 Å². The van der Waals surface area contributed by atoms with E-state index in [1.807, 2.05) is 0 Å². The van der Waals surface area contributed by atoms with E-state index in [1.54, 1.807) is 0 Å². The van der Waals surface area contributed by atoms with Gasteiger partial charge in [-0.2, -0.15) is 0 Å². The minimum absolute atomic E-state index is 0. The Balaban J connectivity index is 0. The number of nitrogens with two attached hydrogens (primary N) is 1. The van der Waals surface area contributed by atoms with Crippen molar-refractivity contribution in [2.24, 2.45) is 5.73 Å². The summed E-state index contributed by atoms with van der Waals surface area (Å²) in [5, 5.41) is 0.0652. The molecule has 0 aromatic carbocycles. The summed E-state index contributed by atoms with van der Waals surface area (Å²) in [6.45, 7) is 0.0758. The monoisotopic (exact) mass is 232 g/mol. The van der Waals surface area contributed by atoms with Gasteiger partial charge >= 0.3 is 0 Å². The van der Waals surface area contributed by atoms with Crippen molar-refractivity contribution in [3.05, 3.63) is 28.8 Å². The smallest absolute Gasteiger partial charge is 0.164 e. The van der Waals surface area contributed by atoms with Gasteiger partial charge in [0.2, 0.25) is 0 Å². The Morgan fingerprint density at radius 1 is 1.50 bits per heavy atom. The van der Waals surface area contributed by atoms with Gasteiger partial charge in [0, 0.05) is 12.7 Å². The SMILES string of the molecule is Cl.Cl.NCc1nccc(Cl)c1F. The quantitative estimate of drug-likeness (QED) is 0.807. The second-order valence-corrected chi connectivity index (χ2v) is 2.16. The van der Waals surface area contributed by atoms with Crippen LogP contribution in [0.4, 0.5) is 4.39 Å². The Kier molecular flexibility index (Phi) is 7.73. The van der Waals surface area contributed by atoms with Crippen molar-refractivity contribution in [1.82, 2.24) is 4.98 Å². The molecule has 1 heterocycles. The zero-order valence-corrected chi connectivity index (χ0v) is 8.35. The van der Waals surface area contributed by atoms with Gasteiger partial charge in [0.25, 0.3) is 0 Å². The van der Waals surface area contributed by atoms with Crippen LogP contribution in [0.15, 0.2) is 12.3 Å². The second-order valence-electron chi connectivity index (χ2n) is 1.76. The van der Waals surface area contributed by atoms with E-state index in [0.717, 1.165) is 0 Å². The van der Waals surface area contributed by atoms with Crippen LogP contribution < -0.4 is 5.73 Å². The molecular formula is C6H8Cl3FN2. The summed E-state index contributed by atoms with van der Waals surface area (Å²) >= 11 is 5.42. The standard InChI is InChI=1S/C6H6ClFN2.2ClH/c7-4-1-2-10-5(3-9)6(4)8;;/h1-2H,3,9H2;2*1H. The topological polar surface area (TPSA) is 38.9 Å². The van der Waals surface area contributed by atoms with Crippen LogP contribution in [-0.4, -0.2) is 4.98 Å². The third-order valence-corrected chi connectivity index (χ3v) is 1.40. The normalized spacial score (nSPS) is 8.25. The highest BCUT2D eigenvalue weighted by molar-refractivity contribution is 6.30. The lowest BCUT2D eigenvalue weighted by molar-refractivity contribution is 0.600. The van der Waals surface area contributed by atoms with Crippen molar-refractivity contribution in [2.45, 2.75) is 6.54 Å². The molecule has 0 saturated carbocycles. The maximum atomic E-state index is 12.7. The van der Waals surface area contributed by atoms with E-state index in [-0.39, 0.29) is 42.1 Å². The minimum Gasteiger partial charge on any atom is -0.325 e. The molecule has 2 N–H and O–H groups in total. The van der Waals surface area contributed by atoms with Crippen molar-refractivity contribution in [3.8, 4) is 0 Å². The first-order valence-corrected chi connectivity index (χ1v) is 3.12. The Bertz CT molecular complexity index is 244. The highest BCUT2D eigenvalue weighted by atomic mass is 35.5. The molecule has 2 nitrogen and oxygen atoms in total. The molecule has 0 aliphatic rings. The molecule has 0 spiro atoms. The van der Waals surface area contributed by atoms with E-state index in [1.165, 1.54) is 12.3 Å². The number of rotatable bonds is 1. The highest BCUT2D eigenvalue weighted by Crippen LogP contribution is 2.14. The average Bonchev–Trinajstić information content (AvgIpc) is 1.95. The van der Waals surface area contributed by atoms with Crippen molar-refractivity contribution >= 4 is 36.4 Å². The van der Waals surface area contributed by atoms with Gasteiger partial charge in [0.15, 0.2) is 5.82 Å². The number of aromatic nitrogens is 1. The van der Waals surface area contributed by atoms with Crippen molar-refractivity contribution in [3.63, 3.8) is 0 Å². The molecule has 0 fully saturated rings. The first kappa shape index (κ1) is 14.4. The summed E-state index contributed by atoms with van der Waals surface area (Å²) in [6.07, 6.45) is 1.42. The van der Waals surface area contributed by atoms with Crippen LogP contribution >= 0.6 is 36.4 Å². The molecule has 12 heavy (non-hydrogen) atoms. The maximum Gasteiger partial charge on any atom is 0.164 e. The van der Waals surface area contributed by atoms with Crippen LogP contribution in [0.3, 0.4) is 0 Å². The van der Waals surface area contributed by atoms with Gasteiger partial charge in [-0.3, -0.25) is 4.98 Å². The molecule has 0 amide bonds. The van der Waals surface area contributed by atoms with Crippen molar-refractivity contribution in [2.75, 3.05) is 0 Å². The molecule has 1 rings (SSSR count). The van der Waals surface area contributed by atoms with Gasteiger partial charge in [-0.25, -0.2) is 4.39 Å². The molecule has 0 saturated heterocycles. The molecular weight excluding hydrogens is 225 g/mol. The summed E-state index contributed by atoms with van der Waals surface area (Å²) in [4.78, 5) is 3.67. The molecule has 0 unspecified atom stereocenters. The zero-order chi connectivity index (χ0) is 7.56. The lowest BCUT2D eigenvalue weighted by atomic mass is 10.3. The number of halogens is 4. The van der Waals surface area contributed by atoms with Crippen LogP contribution in [0.25, 0.3) is 0 Å². The summed E-state index contributed by atoms with van der Waals surface area (Å²) in [6, 6.07) is 1.38. The molecule has 0 atom stereocenters. The summed E-state index contributed by atoms with van der Waals surface area (Å²) < 4.78 is 12.7. The molecule has 6 heteroatoms. The first-order valence-electron chi connectivity index (χ1n) is 2.74. The minimum atomic E-state index is -0.522. The summed E-state index contributed by atoms with van der Waals surface area (Å²) in [7, 11) is 0. The Hall–Kier alpha value is -0.0900. The first-order chi connectivity index (χ1) is 4.75. The van der Waals surface area contributed by atoms with Gasteiger partial charge < -0.3 is 5.73 Å². The van der Waals surface area contributed by atoms with E-state index in [0.29, 0.717) is 0 Å².